The van der Waals surface area contributed by atoms with E-state index in [0.717, 1.165) is 19.5 Å². The largest absolute Gasteiger partial charge is 0.481 e. The minimum Gasteiger partial charge on any atom is -0.481 e. The molecule has 0 bridgehead atoms. The van der Waals surface area contributed by atoms with Gasteiger partial charge in [0.2, 0.25) is 0 Å². The van der Waals surface area contributed by atoms with Crippen molar-refractivity contribution in [1.29, 1.82) is 0 Å². The topological polar surface area (TPSA) is 58.4 Å². The van der Waals surface area contributed by atoms with Crippen LogP contribution in [-0.4, -0.2) is 45.4 Å². The number of carboxylic acids is 1. The van der Waals surface area contributed by atoms with Gasteiger partial charge in [0, 0.05) is 26.3 Å². The Kier molecular flexibility index (Phi) is 4.98. The molecule has 90 valence electrons. The van der Waals surface area contributed by atoms with Gasteiger partial charge in [0.1, 0.15) is 0 Å². The second-order valence-corrected chi connectivity index (χ2v) is 3.85. The van der Waals surface area contributed by atoms with Crippen LogP contribution in [0.25, 0.3) is 0 Å². The van der Waals surface area contributed by atoms with Crippen molar-refractivity contribution in [3.05, 3.63) is 18.0 Å². The smallest absolute Gasteiger partial charge is 0.304 e. The van der Waals surface area contributed by atoms with E-state index < -0.39 is 5.97 Å². The molecule has 1 heterocycles. The molecule has 0 saturated carbocycles. The van der Waals surface area contributed by atoms with Crippen LogP contribution in [0.1, 0.15) is 18.9 Å². The summed E-state index contributed by atoms with van der Waals surface area (Å²) in [5, 5.41) is 12.7. The van der Waals surface area contributed by atoms with Crippen molar-refractivity contribution in [1.82, 2.24) is 14.7 Å². The Bertz CT molecular complexity index is 336. The van der Waals surface area contributed by atoms with Crippen molar-refractivity contribution in [3.8, 4) is 0 Å². The first-order valence-electron chi connectivity index (χ1n) is 5.53. The zero-order valence-corrected chi connectivity index (χ0v) is 9.89. The highest BCUT2D eigenvalue weighted by Crippen LogP contribution is 2.00. The van der Waals surface area contributed by atoms with Gasteiger partial charge in [0.25, 0.3) is 0 Å². The maximum atomic E-state index is 10.5. The molecule has 0 saturated heterocycles. The number of aryl methyl sites for hydroxylation is 1. The van der Waals surface area contributed by atoms with Gasteiger partial charge in [-0.3, -0.25) is 9.48 Å². The van der Waals surface area contributed by atoms with E-state index in [1.54, 1.807) is 4.68 Å². The third kappa shape index (κ3) is 4.44. The van der Waals surface area contributed by atoms with Gasteiger partial charge < -0.3 is 10.0 Å². The Labute approximate surface area is 95.7 Å². The molecule has 1 aromatic rings. The maximum Gasteiger partial charge on any atom is 0.304 e. The van der Waals surface area contributed by atoms with E-state index in [-0.39, 0.29) is 6.42 Å². The Morgan fingerprint density at radius 1 is 1.56 bits per heavy atom. The van der Waals surface area contributed by atoms with Gasteiger partial charge >= 0.3 is 5.97 Å². The number of nitrogens with zero attached hydrogens (tertiary/aromatic N) is 3. The van der Waals surface area contributed by atoms with E-state index >= 15 is 0 Å². The predicted octanol–water partition coefficient (Wildman–Crippen LogP) is 0.759. The first kappa shape index (κ1) is 12.7. The van der Waals surface area contributed by atoms with Crippen molar-refractivity contribution < 1.29 is 9.90 Å². The summed E-state index contributed by atoms with van der Waals surface area (Å²) in [5.74, 6) is -0.736. The van der Waals surface area contributed by atoms with E-state index in [0.29, 0.717) is 6.54 Å². The number of carbonyl (C=O) groups is 1. The lowest BCUT2D eigenvalue weighted by Gasteiger charge is -2.18. The normalized spacial score (nSPS) is 10.9. The van der Waals surface area contributed by atoms with Crippen LogP contribution in [0.2, 0.25) is 0 Å². The molecule has 0 unspecified atom stereocenters. The molecule has 0 atom stereocenters. The fraction of sp³-hybridized carbons (Fsp3) is 0.636. The molecule has 5 nitrogen and oxygen atoms in total. The lowest BCUT2D eigenvalue weighted by molar-refractivity contribution is -0.137. The van der Waals surface area contributed by atoms with Gasteiger partial charge in [-0.05, 0) is 18.5 Å². The molecule has 16 heavy (non-hydrogen) atoms. The monoisotopic (exact) mass is 225 g/mol. The zero-order valence-electron chi connectivity index (χ0n) is 9.89. The van der Waals surface area contributed by atoms with Gasteiger partial charge in [-0.15, -0.1) is 0 Å². The minimum atomic E-state index is -0.736. The second kappa shape index (κ2) is 6.27. The third-order valence-electron chi connectivity index (χ3n) is 2.56. The number of aromatic nitrogens is 2. The molecule has 0 aliphatic heterocycles. The summed E-state index contributed by atoms with van der Waals surface area (Å²) in [7, 11) is 1.89. The van der Waals surface area contributed by atoms with Gasteiger partial charge in [0.05, 0.1) is 12.6 Å². The summed E-state index contributed by atoms with van der Waals surface area (Å²) >= 11 is 0. The zero-order chi connectivity index (χ0) is 12.0. The van der Waals surface area contributed by atoms with E-state index in [1.807, 2.05) is 26.4 Å². The lowest BCUT2D eigenvalue weighted by Crippen LogP contribution is -2.28. The van der Waals surface area contributed by atoms with E-state index in [9.17, 15) is 4.79 Å². The van der Waals surface area contributed by atoms with Crippen LogP contribution in [-0.2, 0) is 18.3 Å². The van der Waals surface area contributed by atoms with Gasteiger partial charge in [-0.1, -0.05) is 6.92 Å². The van der Waals surface area contributed by atoms with Crippen LogP contribution < -0.4 is 0 Å². The van der Waals surface area contributed by atoms with Crippen LogP contribution in [0.15, 0.2) is 12.4 Å². The number of hydrogen-bond acceptors (Lipinski definition) is 3. The summed E-state index contributed by atoms with van der Waals surface area (Å²) < 4.78 is 1.78. The molecule has 0 aliphatic carbocycles. The first-order chi connectivity index (χ1) is 7.61. The molecule has 1 aromatic heterocycles. The molecule has 0 amide bonds. The van der Waals surface area contributed by atoms with Crippen molar-refractivity contribution in [2.75, 3.05) is 19.6 Å². The van der Waals surface area contributed by atoms with Gasteiger partial charge in [-0.25, -0.2) is 0 Å². The molecule has 0 aromatic carbocycles. The highest BCUT2D eigenvalue weighted by Gasteiger charge is 2.06. The fourth-order valence-electron chi connectivity index (χ4n) is 1.57. The number of carboxylic acid groups (broad SMARTS) is 1. The summed E-state index contributed by atoms with van der Waals surface area (Å²) in [6, 6.07) is 0. The Hall–Kier alpha value is -1.36. The van der Waals surface area contributed by atoms with E-state index in [1.165, 1.54) is 5.56 Å². The Morgan fingerprint density at radius 3 is 2.81 bits per heavy atom. The molecule has 5 heteroatoms. The van der Waals surface area contributed by atoms with Crippen molar-refractivity contribution in [3.63, 3.8) is 0 Å². The van der Waals surface area contributed by atoms with E-state index in [2.05, 4.69) is 10.00 Å². The van der Waals surface area contributed by atoms with Crippen molar-refractivity contribution in [2.24, 2.45) is 7.05 Å². The average Bonchev–Trinajstić information content (AvgIpc) is 2.64. The number of hydrogen-bond donors (Lipinski definition) is 1. The molecular formula is C11H19N3O2. The first-order valence-corrected chi connectivity index (χ1v) is 5.53. The maximum absolute atomic E-state index is 10.5. The molecule has 0 fully saturated rings. The molecule has 1 rings (SSSR count). The van der Waals surface area contributed by atoms with Crippen LogP contribution in [0.3, 0.4) is 0 Å². The predicted molar refractivity (Wildman–Crippen MR) is 61.3 cm³/mol. The van der Waals surface area contributed by atoms with Crippen molar-refractivity contribution in [2.45, 2.75) is 19.8 Å². The summed E-state index contributed by atoms with van der Waals surface area (Å²) in [5.41, 5.74) is 1.19. The Balaban J connectivity index is 2.30. The molecule has 0 aliphatic rings. The number of aliphatic carboxylic acids is 1. The summed E-state index contributed by atoms with van der Waals surface area (Å²) in [4.78, 5) is 12.6. The highest BCUT2D eigenvalue weighted by atomic mass is 16.4. The van der Waals surface area contributed by atoms with Crippen LogP contribution in [0.5, 0.6) is 0 Å². The second-order valence-electron chi connectivity index (χ2n) is 3.85. The molecule has 0 radical (unpaired) electrons. The molecule has 0 spiro atoms. The van der Waals surface area contributed by atoms with E-state index in [4.69, 9.17) is 5.11 Å². The summed E-state index contributed by atoms with van der Waals surface area (Å²) in [6.45, 7) is 4.43. The molecular weight excluding hydrogens is 206 g/mol. The minimum absolute atomic E-state index is 0.209. The fourth-order valence-corrected chi connectivity index (χ4v) is 1.57. The SMILES string of the molecule is CCN(CCC(=O)O)CCc1cnn(C)c1. The third-order valence-corrected chi connectivity index (χ3v) is 2.56. The Morgan fingerprint density at radius 2 is 2.31 bits per heavy atom. The molecule has 1 N–H and O–H groups in total. The highest BCUT2D eigenvalue weighted by molar-refractivity contribution is 5.66. The summed E-state index contributed by atoms with van der Waals surface area (Å²) in [6.07, 6.45) is 4.97. The lowest BCUT2D eigenvalue weighted by atomic mass is 10.2. The number of likely N-dealkylation sites (N-methyl/N-ethyl adjacent to an activating group) is 1. The standard InChI is InChI=1S/C11H19N3O2/c1-3-14(7-5-11(15)16)6-4-10-8-12-13(2)9-10/h8-9H,3-7H2,1-2H3,(H,15,16). The van der Waals surface area contributed by atoms with Gasteiger partial charge in [-0.2, -0.15) is 5.10 Å². The van der Waals surface area contributed by atoms with Crippen molar-refractivity contribution >= 4 is 5.97 Å². The quantitative estimate of drug-likeness (QED) is 0.744. The average molecular weight is 225 g/mol. The van der Waals surface area contributed by atoms with Crippen LogP contribution >= 0.6 is 0 Å². The van der Waals surface area contributed by atoms with Crippen LogP contribution in [0, 0.1) is 0 Å². The number of rotatable bonds is 7. The van der Waals surface area contributed by atoms with Crippen LogP contribution in [0.4, 0.5) is 0 Å². The van der Waals surface area contributed by atoms with Gasteiger partial charge in [0.15, 0.2) is 0 Å².